The smallest absolute Gasteiger partial charge is 0.135 e. The summed E-state index contributed by atoms with van der Waals surface area (Å²) in [6.45, 7) is 1.93. The molecule has 2 heterocycles. The summed E-state index contributed by atoms with van der Waals surface area (Å²) in [4.78, 5) is 4.10. The van der Waals surface area contributed by atoms with E-state index in [1.807, 2.05) is 19.1 Å². The van der Waals surface area contributed by atoms with Gasteiger partial charge >= 0.3 is 0 Å². The molecule has 2 unspecified atom stereocenters. The number of hydrogen-bond donors (Lipinski definition) is 2. The SMILES string of the molecule is CC1(c2cccnc2)CC(O)c2cc(O)ccc2O1. The summed E-state index contributed by atoms with van der Waals surface area (Å²) >= 11 is 0. The van der Waals surface area contributed by atoms with Crippen molar-refractivity contribution in [2.75, 3.05) is 0 Å². The number of phenols is 1. The van der Waals surface area contributed by atoms with Gasteiger partial charge in [-0.1, -0.05) is 6.07 Å². The van der Waals surface area contributed by atoms with Crippen LogP contribution < -0.4 is 4.74 Å². The summed E-state index contributed by atoms with van der Waals surface area (Å²) in [5.41, 5.74) is 0.937. The highest BCUT2D eigenvalue weighted by Gasteiger charge is 2.38. The lowest BCUT2D eigenvalue weighted by atomic mass is 9.85. The second-order valence-electron chi connectivity index (χ2n) is 5.02. The van der Waals surface area contributed by atoms with Crippen molar-refractivity contribution in [2.45, 2.75) is 25.0 Å². The molecular weight excluding hydrogens is 242 g/mol. The molecule has 2 aromatic rings. The van der Waals surface area contributed by atoms with E-state index in [0.717, 1.165) is 5.56 Å². The summed E-state index contributed by atoms with van der Waals surface area (Å²) in [5.74, 6) is 0.731. The first kappa shape index (κ1) is 12.0. The second-order valence-corrected chi connectivity index (χ2v) is 5.02. The van der Waals surface area contributed by atoms with Gasteiger partial charge in [-0.25, -0.2) is 0 Å². The quantitative estimate of drug-likeness (QED) is 0.824. The van der Waals surface area contributed by atoms with Crippen LogP contribution >= 0.6 is 0 Å². The predicted molar refractivity (Wildman–Crippen MR) is 69.9 cm³/mol. The van der Waals surface area contributed by atoms with Crippen LogP contribution in [0.4, 0.5) is 0 Å². The predicted octanol–water partition coefficient (Wildman–Crippen LogP) is 2.52. The lowest BCUT2D eigenvalue weighted by molar-refractivity contribution is -0.00523. The summed E-state index contributed by atoms with van der Waals surface area (Å²) in [6.07, 6.45) is 3.21. The van der Waals surface area contributed by atoms with E-state index in [1.54, 1.807) is 30.6 Å². The third-order valence-electron chi connectivity index (χ3n) is 3.54. The summed E-state index contributed by atoms with van der Waals surface area (Å²) < 4.78 is 6.02. The van der Waals surface area contributed by atoms with Gasteiger partial charge in [0, 0.05) is 29.9 Å². The lowest BCUT2D eigenvalue weighted by Gasteiger charge is -2.38. The van der Waals surface area contributed by atoms with Crippen molar-refractivity contribution in [3.63, 3.8) is 0 Å². The highest BCUT2D eigenvalue weighted by Crippen LogP contribution is 2.45. The van der Waals surface area contributed by atoms with E-state index in [2.05, 4.69) is 4.98 Å². The van der Waals surface area contributed by atoms with E-state index in [4.69, 9.17) is 4.74 Å². The molecule has 0 bridgehead atoms. The number of fused-ring (bicyclic) bond motifs is 1. The van der Waals surface area contributed by atoms with E-state index in [-0.39, 0.29) is 5.75 Å². The van der Waals surface area contributed by atoms with Crippen LogP contribution in [0.5, 0.6) is 11.5 Å². The zero-order valence-electron chi connectivity index (χ0n) is 10.6. The standard InChI is InChI=1S/C15H15NO3/c1-15(10-3-2-6-16-9-10)8-13(18)12-7-11(17)4-5-14(12)19-15/h2-7,9,13,17-18H,8H2,1H3. The van der Waals surface area contributed by atoms with Gasteiger partial charge in [0.2, 0.25) is 0 Å². The molecule has 4 heteroatoms. The number of aromatic nitrogens is 1. The Morgan fingerprint density at radius 2 is 2.21 bits per heavy atom. The molecule has 0 aliphatic carbocycles. The number of aliphatic hydroxyl groups excluding tert-OH is 1. The van der Waals surface area contributed by atoms with Crippen LogP contribution in [0.2, 0.25) is 0 Å². The van der Waals surface area contributed by atoms with Crippen LogP contribution in [-0.4, -0.2) is 15.2 Å². The lowest BCUT2D eigenvalue weighted by Crippen LogP contribution is -2.35. The maximum atomic E-state index is 10.3. The van der Waals surface area contributed by atoms with Crippen molar-refractivity contribution < 1.29 is 14.9 Å². The summed E-state index contributed by atoms with van der Waals surface area (Å²) in [5, 5.41) is 19.7. The Bertz CT molecular complexity index is 600. The minimum atomic E-state index is -0.666. The van der Waals surface area contributed by atoms with Crippen molar-refractivity contribution in [2.24, 2.45) is 0 Å². The molecule has 2 N–H and O–H groups in total. The Hall–Kier alpha value is -2.07. The minimum Gasteiger partial charge on any atom is -0.508 e. The Morgan fingerprint density at radius 3 is 2.95 bits per heavy atom. The summed E-state index contributed by atoms with van der Waals surface area (Å²) in [7, 11) is 0. The molecule has 1 aliphatic rings. The molecule has 1 aliphatic heterocycles. The highest BCUT2D eigenvalue weighted by molar-refractivity contribution is 5.44. The Morgan fingerprint density at radius 1 is 1.37 bits per heavy atom. The van der Waals surface area contributed by atoms with E-state index in [1.165, 1.54) is 0 Å². The molecule has 0 saturated heterocycles. The van der Waals surface area contributed by atoms with Crippen LogP contribution in [0.15, 0.2) is 42.7 Å². The first-order chi connectivity index (χ1) is 9.08. The van der Waals surface area contributed by atoms with Crippen LogP contribution in [0.25, 0.3) is 0 Å². The van der Waals surface area contributed by atoms with Gasteiger partial charge in [0.25, 0.3) is 0 Å². The fraction of sp³-hybridized carbons (Fsp3) is 0.267. The Balaban J connectivity index is 2.03. The van der Waals surface area contributed by atoms with Gasteiger partial charge in [-0.3, -0.25) is 4.98 Å². The maximum Gasteiger partial charge on any atom is 0.135 e. The van der Waals surface area contributed by atoms with Gasteiger partial charge in [0.15, 0.2) is 0 Å². The van der Waals surface area contributed by atoms with Gasteiger partial charge < -0.3 is 14.9 Å². The van der Waals surface area contributed by atoms with Crippen LogP contribution in [0.3, 0.4) is 0 Å². The number of aliphatic hydroxyl groups is 1. The average Bonchev–Trinajstić information content (AvgIpc) is 2.41. The van der Waals surface area contributed by atoms with Gasteiger partial charge in [-0.05, 0) is 31.2 Å². The molecule has 1 aromatic carbocycles. The molecule has 0 saturated carbocycles. The first-order valence-electron chi connectivity index (χ1n) is 6.19. The van der Waals surface area contributed by atoms with Crippen LogP contribution in [-0.2, 0) is 5.60 Å². The first-order valence-corrected chi connectivity index (χ1v) is 6.19. The third kappa shape index (κ3) is 2.04. The van der Waals surface area contributed by atoms with E-state index >= 15 is 0 Å². The number of phenolic OH excluding ortho intramolecular Hbond substituents is 1. The number of nitrogens with zero attached hydrogens (tertiary/aromatic N) is 1. The minimum absolute atomic E-state index is 0.131. The zero-order chi connectivity index (χ0) is 13.5. The number of benzene rings is 1. The molecule has 19 heavy (non-hydrogen) atoms. The van der Waals surface area contributed by atoms with Gasteiger partial charge in [-0.2, -0.15) is 0 Å². The van der Waals surface area contributed by atoms with Crippen molar-refractivity contribution >= 4 is 0 Å². The largest absolute Gasteiger partial charge is 0.508 e. The van der Waals surface area contributed by atoms with E-state index < -0.39 is 11.7 Å². The molecular formula is C15H15NO3. The number of rotatable bonds is 1. The van der Waals surface area contributed by atoms with Crippen LogP contribution in [0, 0.1) is 0 Å². The van der Waals surface area contributed by atoms with Crippen molar-refractivity contribution in [1.29, 1.82) is 0 Å². The van der Waals surface area contributed by atoms with Gasteiger partial charge in [-0.15, -0.1) is 0 Å². The number of pyridine rings is 1. The zero-order valence-corrected chi connectivity index (χ0v) is 10.6. The molecule has 2 atom stereocenters. The normalized spacial score (nSPS) is 25.5. The fourth-order valence-corrected chi connectivity index (χ4v) is 2.50. The molecule has 3 rings (SSSR count). The van der Waals surface area contributed by atoms with E-state index in [0.29, 0.717) is 17.7 Å². The number of aromatic hydroxyl groups is 1. The van der Waals surface area contributed by atoms with Crippen molar-refractivity contribution in [3.05, 3.63) is 53.9 Å². The van der Waals surface area contributed by atoms with Crippen molar-refractivity contribution in [1.82, 2.24) is 4.98 Å². The second kappa shape index (κ2) is 4.24. The molecule has 98 valence electrons. The molecule has 1 aromatic heterocycles. The fourth-order valence-electron chi connectivity index (χ4n) is 2.50. The molecule has 4 nitrogen and oxygen atoms in total. The maximum absolute atomic E-state index is 10.3. The Labute approximate surface area is 111 Å². The van der Waals surface area contributed by atoms with Crippen LogP contribution in [0.1, 0.15) is 30.6 Å². The molecule has 0 amide bonds. The van der Waals surface area contributed by atoms with Crippen molar-refractivity contribution in [3.8, 4) is 11.5 Å². The van der Waals surface area contributed by atoms with E-state index in [9.17, 15) is 10.2 Å². The molecule has 0 fully saturated rings. The number of hydrogen-bond acceptors (Lipinski definition) is 4. The molecule has 0 radical (unpaired) electrons. The Kier molecular flexibility index (Phi) is 2.68. The molecule has 0 spiro atoms. The highest BCUT2D eigenvalue weighted by atomic mass is 16.5. The third-order valence-corrected chi connectivity index (χ3v) is 3.54. The summed E-state index contributed by atoms with van der Waals surface area (Å²) in [6, 6.07) is 8.57. The monoisotopic (exact) mass is 257 g/mol. The topological polar surface area (TPSA) is 62.6 Å². The van der Waals surface area contributed by atoms with Gasteiger partial charge in [0.1, 0.15) is 17.1 Å². The van der Waals surface area contributed by atoms with Gasteiger partial charge in [0.05, 0.1) is 6.10 Å². The average molecular weight is 257 g/mol. The number of ether oxygens (including phenoxy) is 1.